The molecule has 1 aliphatic rings. The molecule has 0 radical (unpaired) electrons. The van der Waals surface area contributed by atoms with Gasteiger partial charge in [0.05, 0.1) is 5.69 Å². The number of aryl methyl sites for hydroxylation is 1. The summed E-state index contributed by atoms with van der Waals surface area (Å²) in [4.78, 5) is 9.39. The van der Waals surface area contributed by atoms with Gasteiger partial charge in [0, 0.05) is 17.9 Å². The van der Waals surface area contributed by atoms with Crippen molar-refractivity contribution in [2.24, 2.45) is 0 Å². The van der Waals surface area contributed by atoms with Gasteiger partial charge >= 0.3 is 0 Å². The zero-order valence-corrected chi connectivity index (χ0v) is 12.5. The van der Waals surface area contributed by atoms with E-state index in [2.05, 4.69) is 72.8 Å². The molecule has 2 aromatic rings. The van der Waals surface area contributed by atoms with Crippen molar-refractivity contribution in [3.05, 3.63) is 48.2 Å². The SMILES string of the molecule is Cc1ccccc1N1c2ncccc2N(C(C)C)[C@H]1C. The summed E-state index contributed by atoms with van der Waals surface area (Å²) in [6.07, 6.45) is 2.15. The minimum Gasteiger partial charge on any atom is -0.346 e. The van der Waals surface area contributed by atoms with Gasteiger partial charge in [0.25, 0.3) is 0 Å². The molecule has 0 N–H and O–H groups in total. The maximum atomic E-state index is 4.63. The maximum Gasteiger partial charge on any atom is 0.158 e. The second-order valence-corrected chi connectivity index (χ2v) is 5.64. The fraction of sp³-hybridized carbons (Fsp3) is 0.353. The Hall–Kier alpha value is -2.03. The molecule has 1 atom stereocenters. The first-order valence-electron chi connectivity index (χ1n) is 7.19. The van der Waals surface area contributed by atoms with Crippen LogP contribution in [0.15, 0.2) is 42.6 Å². The molecule has 0 saturated carbocycles. The third-order valence-corrected chi connectivity index (χ3v) is 3.98. The van der Waals surface area contributed by atoms with E-state index in [1.165, 1.54) is 16.9 Å². The van der Waals surface area contributed by atoms with Crippen molar-refractivity contribution >= 4 is 17.2 Å². The first-order valence-corrected chi connectivity index (χ1v) is 7.19. The first kappa shape index (κ1) is 13.0. The standard InChI is InChI=1S/C17H21N3/c1-12(2)19-14(4)20(15-9-6-5-8-13(15)3)17-16(19)10-7-11-18-17/h5-12,14H,1-4H3/t14-/m1/s1. The third-order valence-electron chi connectivity index (χ3n) is 3.98. The number of anilines is 3. The van der Waals surface area contributed by atoms with Crippen molar-refractivity contribution in [1.82, 2.24) is 4.98 Å². The second-order valence-electron chi connectivity index (χ2n) is 5.64. The zero-order chi connectivity index (χ0) is 14.3. The van der Waals surface area contributed by atoms with Gasteiger partial charge in [0.2, 0.25) is 0 Å². The Kier molecular flexibility index (Phi) is 3.13. The topological polar surface area (TPSA) is 19.4 Å². The molecule has 104 valence electrons. The number of fused-ring (bicyclic) bond motifs is 1. The van der Waals surface area contributed by atoms with Crippen LogP contribution in [0.4, 0.5) is 17.2 Å². The lowest BCUT2D eigenvalue weighted by Crippen LogP contribution is -2.42. The minimum atomic E-state index is 0.279. The number of para-hydroxylation sites is 1. The Balaban J connectivity index is 2.16. The second kappa shape index (κ2) is 4.82. The van der Waals surface area contributed by atoms with E-state index in [0.717, 1.165) is 5.82 Å². The van der Waals surface area contributed by atoms with Crippen molar-refractivity contribution in [1.29, 1.82) is 0 Å². The largest absolute Gasteiger partial charge is 0.346 e. The first-order chi connectivity index (χ1) is 9.61. The van der Waals surface area contributed by atoms with Gasteiger partial charge in [-0.1, -0.05) is 18.2 Å². The molecule has 3 nitrogen and oxygen atoms in total. The Bertz CT molecular complexity index is 621. The van der Waals surface area contributed by atoms with Crippen LogP contribution in [0.1, 0.15) is 26.3 Å². The Morgan fingerprint density at radius 3 is 2.45 bits per heavy atom. The molecule has 1 aromatic heterocycles. The molecule has 20 heavy (non-hydrogen) atoms. The number of pyridine rings is 1. The monoisotopic (exact) mass is 267 g/mol. The normalized spacial score (nSPS) is 17.8. The lowest BCUT2D eigenvalue weighted by atomic mass is 10.2. The van der Waals surface area contributed by atoms with Crippen molar-refractivity contribution in [2.75, 3.05) is 9.80 Å². The van der Waals surface area contributed by atoms with Gasteiger partial charge in [-0.3, -0.25) is 0 Å². The summed E-state index contributed by atoms with van der Waals surface area (Å²) in [6.45, 7) is 8.86. The Morgan fingerprint density at radius 2 is 1.75 bits per heavy atom. The summed E-state index contributed by atoms with van der Waals surface area (Å²) >= 11 is 0. The number of hydrogen-bond acceptors (Lipinski definition) is 3. The highest BCUT2D eigenvalue weighted by atomic mass is 15.4. The summed E-state index contributed by atoms with van der Waals surface area (Å²) in [7, 11) is 0. The van der Waals surface area contributed by atoms with Crippen LogP contribution in [0.3, 0.4) is 0 Å². The van der Waals surface area contributed by atoms with Crippen LogP contribution in [-0.4, -0.2) is 17.2 Å². The minimum absolute atomic E-state index is 0.279. The summed E-state index contributed by atoms with van der Waals surface area (Å²) in [5.41, 5.74) is 3.74. The predicted octanol–water partition coefficient (Wildman–Crippen LogP) is 4.10. The van der Waals surface area contributed by atoms with Crippen LogP contribution in [0, 0.1) is 6.92 Å². The molecule has 0 saturated heterocycles. The fourth-order valence-corrected chi connectivity index (χ4v) is 3.14. The molecule has 3 heteroatoms. The van der Waals surface area contributed by atoms with E-state index >= 15 is 0 Å². The van der Waals surface area contributed by atoms with Crippen molar-refractivity contribution in [2.45, 2.75) is 39.9 Å². The molecule has 0 bridgehead atoms. The molecular weight excluding hydrogens is 246 g/mol. The summed E-state index contributed by atoms with van der Waals surface area (Å²) in [5.74, 6) is 1.06. The average molecular weight is 267 g/mol. The van der Waals surface area contributed by atoms with Crippen molar-refractivity contribution in [3.8, 4) is 0 Å². The van der Waals surface area contributed by atoms with Crippen LogP contribution in [0.25, 0.3) is 0 Å². The summed E-state index contributed by atoms with van der Waals surface area (Å²) in [5, 5.41) is 0. The molecule has 0 spiro atoms. The van der Waals surface area contributed by atoms with Gasteiger partial charge in [-0.25, -0.2) is 4.98 Å². The van der Waals surface area contributed by atoms with Crippen LogP contribution in [-0.2, 0) is 0 Å². The molecule has 0 fully saturated rings. The van der Waals surface area contributed by atoms with E-state index in [-0.39, 0.29) is 6.17 Å². The lowest BCUT2D eigenvalue weighted by Gasteiger charge is -2.33. The third kappa shape index (κ3) is 1.85. The highest BCUT2D eigenvalue weighted by Gasteiger charge is 2.36. The van der Waals surface area contributed by atoms with Gasteiger partial charge in [-0.05, 0) is 51.5 Å². The maximum absolute atomic E-state index is 4.63. The van der Waals surface area contributed by atoms with Gasteiger partial charge < -0.3 is 9.80 Å². The van der Waals surface area contributed by atoms with Gasteiger partial charge in [0.15, 0.2) is 5.82 Å². The van der Waals surface area contributed by atoms with E-state index < -0.39 is 0 Å². The van der Waals surface area contributed by atoms with E-state index in [9.17, 15) is 0 Å². The number of benzene rings is 1. The van der Waals surface area contributed by atoms with Gasteiger partial charge in [-0.2, -0.15) is 0 Å². The van der Waals surface area contributed by atoms with E-state index in [1.807, 2.05) is 12.3 Å². The Labute approximate surface area is 120 Å². The van der Waals surface area contributed by atoms with Crippen molar-refractivity contribution < 1.29 is 0 Å². The summed E-state index contributed by atoms with van der Waals surface area (Å²) in [6, 6.07) is 13.1. The quantitative estimate of drug-likeness (QED) is 0.816. The van der Waals surface area contributed by atoms with Crippen LogP contribution in [0.5, 0.6) is 0 Å². The number of nitrogens with zero attached hydrogens (tertiary/aromatic N) is 3. The molecule has 0 unspecified atom stereocenters. The highest BCUT2D eigenvalue weighted by Crippen LogP contribution is 2.43. The molecule has 3 rings (SSSR count). The lowest BCUT2D eigenvalue weighted by molar-refractivity contribution is 0.606. The average Bonchev–Trinajstić information content (AvgIpc) is 2.71. The number of rotatable bonds is 2. The Morgan fingerprint density at radius 1 is 1.05 bits per heavy atom. The highest BCUT2D eigenvalue weighted by molar-refractivity contribution is 5.81. The van der Waals surface area contributed by atoms with Gasteiger partial charge in [0.1, 0.15) is 6.17 Å². The van der Waals surface area contributed by atoms with Crippen LogP contribution >= 0.6 is 0 Å². The van der Waals surface area contributed by atoms with Gasteiger partial charge in [-0.15, -0.1) is 0 Å². The number of hydrogen-bond donors (Lipinski definition) is 0. The van der Waals surface area contributed by atoms with Crippen molar-refractivity contribution in [3.63, 3.8) is 0 Å². The van der Waals surface area contributed by atoms with Crippen LogP contribution < -0.4 is 9.80 Å². The zero-order valence-electron chi connectivity index (χ0n) is 12.5. The van der Waals surface area contributed by atoms with E-state index in [1.54, 1.807) is 0 Å². The van der Waals surface area contributed by atoms with E-state index in [4.69, 9.17) is 0 Å². The van der Waals surface area contributed by atoms with Crippen LogP contribution in [0.2, 0.25) is 0 Å². The fourth-order valence-electron chi connectivity index (χ4n) is 3.14. The number of aromatic nitrogens is 1. The summed E-state index contributed by atoms with van der Waals surface area (Å²) < 4.78 is 0. The smallest absolute Gasteiger partial charge is 0.158 e. The molecule has 1 aliphatic heterocycles. The van der Waals surface area contributed by atoms with E-state index in [0.29, 0.717) is 6.04 Å². The molecular formula is C17H21N3. The molecule has 0 aliphatic carbocycles. The predicted molar refractivity (Wildman–Crippen MR) is 84.6 cm³/mol. The molecule has 1 aromatic carbocycles. The molecule has 2 heterocycles. The molecule has 0 amide bonds.